The molecule has 1 aliphatic heterocycles. The number of ether oxygens (including phenoxy) is 1. The summed E-state index contributed by atoms with van der Waals surface area (Å²) in [5.41, 5.74) is 2.01. The van der Waals surface area contributed by atoms with Crippen LogP contribution in [-0.2, 0) is 17.7 Å². The molecule has 1 aromatic rings. The Balaban J connectivity index is 1.65. The molecule has 0 unspecified atom stereocenters. The van der Waals surface area contributed by atoms with Gasteiger partial charge in [0, 0.05) is 30.3 Å². The topological polar surface area (TPSA) is 87.3 Å². The molecule has 1 aromatic heterocycles. The summed E-state index contributed by atoms with van der Waals surface area (Å²) in [6.45, 7) is 3.11. The summed E-state index contributed by atoms with van der Waals surface area (Å²) in [5.74, 6) is -0.431. The van der Waals surface area contributed by atoms with Crippen LogP contribution in [-0.4, -0.2) is 46.3 Å². The van der Waals surface area contributed by atoms with Crippen molar-refractivity contribution in [2.75, 3.05) is 13.2 Å². The van der Waals surface area contributed by atoms with E-state index >= 15 is 0 Å². The van der Waals surface area contributed by atoms with Crippen molar-refractivity contribution in [2.24, 2.45) is 0 Å². The quantitative estimate of drug-likeness (QED) is 0.834. The normalized spacial score (nSPS) is 18.4. The van der Waals surface area contributed by atoms with Crippen LogP contribution in [0.5, 0.6) is 0 Å². The summed E-state index contributed by atoms with van der Waals surface area (Å²) in [6.07, 6.45) is 6.43. The number of aromatic nitrogens is 2. The van der Waals surface area contributed by atoms with Gasteiger partial charge in [0.2, 0.25) is 0 Å². The number of hydrogen-bond acceptors (Lipinski definition) is 4. The van der Waals surface area contributed by atoms with Crippen molar-refractivity contribution in [1.82, 2.24) is 20.4 Å². The molecule has 0 saturated heterocycles. The Labute approximate surface area is 135 Å². The molecule has 23 heavy (non-hydrogen) atoms. The van der Waals surface area contributed by atoms with Crippen LogP contribution in [0.4, 0.5) is 4.79 Å². The number of fused-ring (bicyclic) bond motifs is 1. The molecule has 126 valence electrons. The molecule has 1 saturated carbocycles. The van der Waals surface area contributed by atoms with Gasteiger partial charge in [-0.05, 0) is 19.8 Å². The van der Waals surface area contributed by atoms with Gasteiger partial charge in [-0.1, -0.05) is 19.3 Å². The van der Waals surface area contributed by atoms with Gasteiger partial charge in [0.25, 0.3) is 0 Å². The molecule has 1 fully saturated rings. The number of hydrogen-bond donors (Lipinski definition) is 2. The monoisotopic (exact) mass is 320 g/mol. The summed E-state index contributed by atoms with van der Waals surface area (Å²) >= 11 is 0. The van der Waals surface area contributed by atoms with E-state index < -0.39 is 5.97 Å². The summed E-state index contributed by atoms with van der Waals surface area (Å²) < 4.78 is 5.03. The number of H-pyrrole nitrogens is 1. The zero-order valence-electron chi connectivity index (χ0n) is 13.6. The van der Waals surface area contributed by atoms with E-state index in [0.717, 1.165) is 24.1 Å². The lowest BCUT2D eigenvalue weighted by molar-refractivity contribution is 0.0516. The Morgan fingerprint density at radius 2 is 2.13 bits per heavy atom. The van der Waals surface area contributed by atoms with Gasteiger partial charge in [0.05, 0.1) is 13.2 Å². The van der Waals surface area contributed by atoms with Crippen LogP contribution in [0.3, 0.4) is 0 Å². The number of nitrogens with one attached hydrogen (secondary N) is 2. The lowest BCUT2D eigenvalue weighted by Crippen LogP contribution is -2.47. The van der Waals surface area contributed by atoms with E-state index in [4.69, 9.17) is 4.74 Å². The Kier molecular flexibility index (Phi) is 4.83. The molecule has 0 radical (unpaired) electrons. The first-order valence-electron chi connectivity index (χ1n) is 8.47. The van der Waals surface area contributed by atoms with E-state index in [0.29, 0.717) is 31.8 Å². The molecule has 0 spiro atoms. The number of aromatic amines is 1. The Morgan fingerprint density at radius 1 is 1.35 bits per heavy atom. The minimum absolute atomic E-state index is 0.0430. The van der Waals surface area contributed by atoms with E-state index in [-0.39, 0.29) is 12.1 Å². The highest BCUT2D eigenvalue weighted by Crippen LogP contribution is 2.22. The molecule has 2 heterocycles. The van der Waals surface area contributed by atoms with Crippen molar-refractivity contribution in [1.29, 1.82) is 0 Å². The third kappa shape index (κ3) is 3.48. The molecular formula is C16H24N4O3. The van der Waals surface area contributed by atoms with E-state index in [1.165, 1.54) is 19.3 Å². The molecule has 3 rings (SSSR count). The second-order valence-electron chi connectivity index (χ2n) is 6.21. The highest BCUT2D eigenvalue weighted by atomic mass is 16.5. The lowest BCUT2D eigenvalue weighted by Gasteiger charge is -2.30. The second-order valence-corrected chi connectivity index (χ2v) is 6.21. The molecule has 2 aliphatic rings. The average Bonchev–Trinajstić information content (AvgIpc) is 2.99. The summed E-state index contributed by atoms with van der Waals surface area (Å²) in [5, 5.41) is 10.1. The third-order valence-electron chi connectivity index (χ3n) is 4.62. The molecule has 7 heteroatoms. The van der Waals surface area contributed by atoms with Crippen molar-refractivity contribution in [3.8, 4) is 0 Å². The predicted octanol–water partition coefficient (Wildman–Crippen LogP) is 1.99. The van der Waals surface area contributed by atoms with Crippen molar-refractivity contribution < 1.29 is 14.3 Å². The van der Waals surface area contributed by atoms with Gasteiger partial charge < -0.3 is 15.0 Å². The van der Waals surface area contributed by atoms with Gasteiger partial charge >= 0.3 is 12.0 Å². The van der Waals surface area contributed by atoms with Gasteiger partial charge in [-0.3, -0.25) is 5.10 Å². The lowest BCUT2D eigenvalue weighted by atomic mass is 9.95. The van der Waals surface area contributed by atoms with Crippen LogP contribution in [0.15, 0.2) is 0 Å². The minimum Gasteiger partial charge on any atom is -0.461 e. The van der Waals surface area contributed by atoms with Crippen LogP contribution in [0.1, 0.15) is 60.8 Å². The van der Waals surface area contributed by atoms with Crippen molar-refractivity contribution in [2.45, 2.75) is 58.0 Å². The molecule has 1 aliphatic carbocycles. The van der Waals surface area contributed by atoms with E-state index in [9.17, 15) is 9.59 Å². The molecule has 0 atom stereocenters. The third-order valence-corrected chi connectivity index (χ3v) is 4.62. The number of rotatable bonds is 3. The van der Waals surface area contributed by atoms with Gasteiger partial charge in [0.1, 0.15) is 0 Å². The Morgan fingerprint density at radius 3 is 2.87 bits per heavy atom. The van der Waals surface area contributed by atoms with Gasteiger partial charge in [-0.25, -0.2) is 9.59 Å². The molecular weight excluding hydrogens is 296 g/mol. The van der Waals surface area contributed by atoms with Crippen LogP contribution in [0.25, 0.3) is 0 Å². The minimum atomic E-state index is -0.431. The van der Waals surface area contributed by atoms with Crippen LogP contribution >= 0.6 is 0 Å². The largest absolute Gasteiger partial charge is 0.461 e. The Bertz CT molecular complexity index is 578. The van der Waals surface area contributed by atoms with Gasteiger partial charge in [0.15, 0.2) is 5.69 Å². The second kappa shape index (κ2) is 7.02. The number of nitrogens with zero attached hydrogens (tertiary/aromatic N) is 2. The SMILES string of the molecule is CCOC(=O)c1n[nH]c2c1CN(C(=O)NC1CCCCC1)CC2. The first kappa shape index (κ1) is 15.8. The van der Waals surface area contributed by atoms with Crippen LogP contribution < -0.4 is 5.32 Å². The Hall–Kier alpha value is -2.05. The number of urea groups is 1. The molecule has 2 amide bonds. The fourth-order valence-electron chi connectivity index (χ4n) is 3.35. The maximum Gasteiger partial charge on any atom is 0.359 e. The zero-order valence-corrected chi connectivity index (χ0v) is 13.6. The fraction of sp³-hybridized carbons (Fsp3) is 0.688. The maximum atomic E-state index is 12.5. The molecule has 7 nitrogen and oxygen atoms in total. The highest BCUT2D eigenvalue weighted by molar-refractivity contribution is 5.89. The summed E-state index contributed by atoms with van der Waals surface area (Å²) in [6, 6.07) is 0.241. The summed E-state index contributed by atoms with van der Waals surface area (Å²) in [4.78, 5) is 26.2. The van der Waals surface area contributed by atoms with E-state index in [1.807, 2.05) is 0 Å². The van der Waals surface area contributed by atoms with Crippen LogP contribution in [0, 0.1) is 0 Å². The maximum absolute atomic E-state index is 12.5. The van der Waals surface area contributed by atoms with Gasteiger partial charge in [-0.2, -0.15) is 5.10 Å². The first-order valence-corrected chi connectivity index (χ1v) is 8.47. The standard InChI is InChI=1S/C16H24N4O3/c1-2-23-15(21)14-12-10-20(9-8-13(12)18-19-14)16(22)17-11-6-4-3-5-7-11/h11H,2-10H2,1H3,(H,17,22)(H,18,19). The average molecular weight is 320 g/mol. The van der Waals surface area contributed by atoms with Crippen molar-refractivity contribution in [3.05, 3.63) is 17.0 Å². The number of esters is 1. The van der Waals surface area contributed by atoms with Crippen molar-refractivity contribution >= 4 is 12.0 Å². The number of amides is 2. The molecule has 0 bridgehead atoms. The molecule has 2 N–H and O–H groups in total. The molecule has 0 aromatic carbocycles. The number of carbonyl (C=O) groups excluding carboxylic acids is 2. The highest BCUT2D eigenvalue weighted by Gasteiger charge is 2.29. The summed E-state index contributed by atoms with van der Waals surface area (Å²) in [7, 11) is 0. The zero-order chi connectivity index (χ0) is 16.2. The first-order chi connectivity index (χ1) is 11.2. The van der Waals surface area contributed by atoms with Crippen LogP contribution in [0.2, 0.25) is 0 Å². The fourth-order valence-corrected chi connectivity index (χ4v) is 3.35. The van der Waals surface area contributed by atoms with E-state index in [2.05, 4.69) is 15.5 Å². The van der Waals surface area contributed by atoms with Crippen molar-refractivity contribution in [3.63, 3.8) is 0 Å². The smallest absolute Gasteiger partial charge is 0.359 e. The van der Waals surface area contributed by atoms with Gasteiger partial charge in [-0.15, -0.1) is 0 Å². The number of carbonyl (C=O) groups is 2. The predicted molar refractivity (Wildman–Crippen MR) is 84.1 cm³/mol. The van der Waals surface area contributed by atoms with E-state index in [1.54, 1.807) is 11.8 Å².